The van der Waals surface area contributed by atoms with Crippen molar-refractivity contribution in [1.82, 2.24) is 9.97 Å². The average Bonchev–Trinajstić information content (AvgIpc) is 3.37. The van der Waals surface area contributed by atoms with Crippen molar-refractivity contribution in [3.63, 3.8) is 0 Å². The normalized spacial score (nSPS) is 16.6. The van der Waals surface area contributed by atoms with E-state index >= 15 is 8.78 Å². The van der Waals surface area contributed by atoms with Crippen LogP contribution in [0.5, 0.6) is 0 Å². The molecule has 198 valence electrons. The number of hydrogen-bond donors (Lipinski definition) is 1. The van der Waals surface area contributed by atoms with Crippen LogP contribution < -0.4 is 4.90 Å². The second-order valence-corrected chi connectivity index (χ2v) is 9.99. The number of para-hydroxylation sites is 1. The van der Waals surface area contributed by atoms with Gasteiger partial charge in [0.05, 0.1) is 6.61 Å². The molecule has 37 heavy (non-hydrogen) atoms. The van der Waals surface area contributed by atoms with Gasteiger partial charge >= 0.3 is 18.0 Å². The second kappa shape index (κ2) is 10.0. The van der Waals surface area contributed by atoms with E-state index in [2.05, 4.69) is 16.5 Å². The summed E-state index contributed by atoms with van der Waals surface area (Å²) in [7, 11) is 0. The maximum absolute atomic E-state index is 15.2. The minimum absolute atomic E-state index is 0.0138. The fourth-order valence-corrected chi connectivity index (χ4v) is 4.15. The zero-order chi connectivity index (χ0) is 27.0. The van der Waals surface area contributed by atoms with Crippen LogP contribution in [-0.4, -0.2) is 51.8 Å². The molecule has 1 N–H and O–H groups in total. The van der Waals surface area contributed by atoms with Crippen molar-refractivity contribution in [2.45, 2.75) is 64.2 Å². The van der Waals surface area contributed by atoms with Crippen molar-refractivity contribution >= 4 is 39.8 Å². The number of carboxylic acids is 1. The lowest BCUT2D eigenvalue weighted by atomic mass is 10.1. The number of carbonyl (C=O) groups is 2. The molecule has 1 aliphatic heterocycles. The molecule has 0 amide bonds. The van der Waals surface area contributed by atoms with Crippen LogP contribution >= 0.6 is 0 Å². The zero-order valence-corrected chi connectivity index (χ0v) is 20.9. The van der Waals surface area contributed by atoms with Gasteiger partial charge in [-0.05, 0) is 45.7 Å². The van der Waals surface area contributed by atoms with Gasteiger partial charge in [-0.2, -0.15) is 8.78 Å². The van der Waals surface area contributed by atoms with Crippen molar-refractivity contribution < 1.29 is 37.4 Å². The highest BCUT2D eigenvalue weighted by molar-refractivity contribution is 6.06. The predicted molar refractivity (Wildman–Crippen MR) is 131 cm³/mol. The van der Waals surface area contributed by atoms with Gasteiger partial charge in [0.15, 0.2) is 11.4 Å². The number of furan rings is 1. The molecular weight excluding hydrogens is 488 g/mol. The molecule has 0 bridgehead atoms. The molecule has 3 aromatic rings. The summed E-state index contributed by atoms with van der Waals surface area (Å²) in [5.41, 5.74) is 0.701. The van der Waals surface area contributed by atoms with E-state index in [1.807, 2.05) is 0 Å². The first kappa shape index (κ1) is 26.5. The van der Waals surface area contributed by atoms with Gasteiger partial charge < -0.3 is 23.9 Å². The fourth-order valence-electron chi connectivity index (χ4n) is 4.15. The van der Waals surface area contributed by atoms with Crippen LogP contribution in [0, 0.1) is 0 Å². The third-order valence-corrected chi connectivity index (χ3v) is 5.73. The first-order chi connectivity index (χ1) is 17.4. The molecule has 3 heterocycles. The maximum Gasteiger partial charge on any atom is 0.417 e. The minimum atomic E-state index is -3.87. The summed E-state index contributed by atoms with van der Waals surface area (Å²) in [5.74, 6) is -2.42. The number of aromatic nitrogens is 2. The highest BCUT2D eigenvalue weighted by Crippen LogP contribution is 2.39. The summed E-state index contributed by atoms with van der Waals surface area (Å²) in [5, 5.41) is 9.24. The molecular formula is C26H29F2N3O6. The highest BCUT2D eigenvalue weighted by Gasteiger charge is 2.42. The maximum atomic E-state index is 15.2. The molecule has 1 fully saturated rings. The lowest BCUT2D eigenvalue weighted by Gasteiger charge is -2.28. The third kappa shape index (κ3) is 5.87. The topological polar surface area (TPSA) is 115 Å². The van der Waals surface area contributed by atoms with Gasteiger partial charge in [-0.1, -0.05) is 24.3 Å². The summed E-state index contributed by atoms with van der Waals surface area (Å²) in [6.07, 6.45) is -3.43. The van der Waals surface area contributed by atoms with Crippen molar-refractivity contribution in [2.75, 3.05) is 18.1 Å². The van der Waals surface area contributed by atoms with E-state index in [1.54, 1.807) is 49.9 Å². The van der Waals surface area contributed by atoms with E-state index in [-0.39, 0.29) is 55.8 Å². The van der Waals surface area contributed by atoms with Crippen molar-refractivity contribution in [3.05, 3.63) is 42.2 Å². The number of aliphatic carboxylic acids is 1. The van der Waals surface area contributed by atoms with Gasteiger partial charge in [-0.3, -0.25) is 4.79 Å². The van der Waals surface area contributed by atoms with Gasteiger partial charge in [0, 0.05) is 24.8 Å². The summed E-state index contributed by atoms with van der Waals surface area (Å²) in [6, 6.07) is 6.02. The standard InChI is InChI=1S/C26H29F2N3O6/c1-15-13-17(23(34)37-25(2,3)4)31(14-15)22-21-20(16-9-5-6-10-18(16)36-21)29-24(30-22)26(27,28)35-12-8-7-11-19(32)33/h5-6,9-10,17H,1,7-8,11-14H2,2-4H3,(H,32,33)/t17-/m0/s1. The Balaban J connectivity index is 1.76. The Morgan fingerprint density at radius 3 is 2.65 bits per heavy atom. The molecule has 1 saturated heterocycles. The van der Waals surface area contributed by atoms with E-state index in [9.17, 15) is 9.59 Å². The predicted octanol–water partition coefficient (Wildman–Crippen LogP) is 5.17. The van der Waals surface area contributed by atoms with Gasteiger partial charge in [0.25, 0.3) is 0 Å². The number of halogens is 2. The Labute approximate surface area is 212 Å². The number of carbonyl (C=O) groups excluding carboxylic acids is 1. The van der Waals surface area contributed by atoms with Crippen LogP contribution in [0.1, 0.15) is 52.3 Å². The van der Waals surface area contributed by atoms with Gasteiger partial charge in [0.2, 0.25) is 5.82 Å². The number of alkyl halides is 2. The molecule has 9 nitrogen and oxygen atoms in total. The van der Waals surface area contributed by atoms with Gasteiger partial charge in [0.1, 0.15) is 22.7 Å². The SMILES string of the molecule is C=C1C[C@@H](C(=O)OC(C)(C)C)N(c2nc(C(F)(F)OCCCCC(=O)O)nc3c2oc2ccccc23)C1. The van der Waals surface area contributed by atoms with Gasteiger partial charge in [-0.15, -0.1) is 0 Å². The molecule has 0 radical (unpaired) electrons. The zero-order valence-electron chi connectivity index (χ0n) is 20.9. The number of hydrogen-bond acceptors (Lipinski definition) is 8. The number of fused-ring (bicyclic) bond motifs is 3. The number of unbranched alkanes of at least 4 members (excludes halogenated alkanes) is 1. The molecule has 0 aliphatic carbocycles. The number of benzene rings is 1. The monoisotopic (exact) mass is 517 g/mol. The van der Waals surface area contributed by atoms with Crippen LogP contribution in [0.25, 0.3) is 22.1 Å². The fraction of sp³-hybridized carbons (Fsp3) is 0.462. The third-order valence-electron chi connectivity index (χ3n) is 5.73. The summed E-state index contributed by atoms with van der Waals surface area (Å²) < 4.78 is 46.7. The molecule has 1 aliphatic rings. The lowest BCUT2D eigenvalue weighted by molar-refractivity contribution is -0.254. The molecule has 2 aromatic heterocycles. The number of anilines is 1. The van der Waals surface area contributed by atoms with Crippen molar-refractivity contribution in [2.24, 2.45) is 0 Å². The minimum Gasteiger partial charge on any atom is -0.481 e. The Hall–Kier alpha value is -3.60. The summed E-state index contributed by atoms with van der Waals surface area (Å²) in [4.78, 5) is 33.5. The second-order valence-electron chi connectivity index (χ2n) is 9.99. The van der Waals surface area contributed by atoms with Crippen molar-refractivity contribution in [1.29, 1.82) is 0 Å². The molecule has 4 rings (SSSR count). The van der Waals surface area contributed by atoms with E-state index in [4.69, 9.17) is 19.0 Å². The Morgan fingerprint density at radius 1 is 1.22 bits per heavy atom. The van der Waals surface area contributed by atoms with Crippen LogP contribution in [-0.2, 0) is 25.2 Å². The van der Waals surface area contributed by atoms with Crippen molar-refractivity contribution in [3.8, 4) is 0 Å². The first-order valence-electron chi connectivity index (χ1n) is 12.0. The Kier molecular flexibility index (Phi) is 7.18. The largest absolute Gasteiger partial charge is 0.481 e. The number of rotatable bonds is 9. The molecule has 11 heteroatoms. The molecule has 1 atom stereocenters. The summed E-state index contributed by atoms with van der Waals surface area (Å²) >= 11 is 0. The van der Waals surface area contributed by atoms with Crippen LogP contribution in [0.15, 0.2) is 40.8 Å². The van der Waals surface area contributed by atoms with E-state index in [0.717, 1.165) is 0 Å². The molecule has 0 spiro atoms. The Bertz CT molecular complexity index is 1350. The number of esters is 1. The van der Waals surface area contributed by atoms with Crippen LogP contribution in [0.4, 0.5) is 14.6 Å². The lowest BCUT2D eigenvalue weighted by Crippen LogP contribution is -2.41. The van der Waals surface area contributed by atoms with E-state index in [1.165, 1.54) is 0 Å². The van der Waals surface area contributed by atoms with E-state index in [0.29, 0.717) is 16.5 Å². The molecule has 1 aromatic carbocycles. The number of nitrogens with zero attached hydrogens (tertiary/aromatic N) is 3. The highest BCUT2D eigenvalue weighted by atomic mass is 19.3. The molecule has 0 unspecified atom stereocenters. The smallest absolute Gasteiger partial charge is 0.417 e. The first-order valence-corrected chi connectivity index (χ1v) is 12.0. The summed E-state index contributed by atoms with van der Waals surface area (Å²) in [6.45, 7) is 9.02. The quantitative estimate of drug-likeness (QED) is 0.233. The Morgan fingerprint density at radius 2 is 1.95 bits per heavy atom. The van der Waals surface area contributed by atoms with Crippen LogP contribution in [0.2, 0.25) is 0 Å². The number of ether oxygens (including phenoxy) is 2. The number of carboxylic acid groups (broad SMARTS) is 1. The molecule has 0 saturated carbocycles. The van der Waals surface area contributed by atoms with Gasteiger partial charge in [-0.25, -0.2) is 14.8 Å². The van der Waals surface area contributed by atoms with E-state index < -0.39 is 35.5 Å². The average molecular weight is 518 g/mol. The van der Waals surface area contributed by atoms with Crippen LogP contribution in [0.3, 0.4) is 0 Å².